The molecule has 0 aliphatic carbocycles. The van der Waals surface area contributed by atoms with E-state index in [2.05, 4.69) is 5.32 Å². The lowest BCUT2D eigenvalue weighted by molar-refractivity contribution is -0.138. The van der Waals surface area contributed by atoms with Crippen molar-refractivity contribution >= 4 is 5.91 Å². The van der Waals surface area contributed by atoms with Gasteiger partial charge in [0.25, 0.3) is 0 Å². The minimum absolute atomic E-state index is 0.0160. The van der Waals surface area contributed by atoms with Crippen molar-refractivity contribution < 1.29 is 28.2 Å². The summed E-state index contributed by atoms with van der Waals surface area (Å²) in [4.78, 5) is 10.7. The Morgan fingerprint density at radius 1 is 1.35 bits per heavy atom. The molecule has 0 heterocycles. The zero-order valence-electron chi connectivity index (χ0n) is 11.0. The van der Waals surface area contributed by atoms with Crippen LogP contribution in [-0.4, -0.2) is 28.8 Å². The molecule has 2 unspecified atom stereocenters. The summed E-state index contributed by atoms with van der Waals surface area (Å²) in [6.07, 6.45) is -7.42. The van der Waals surface area contributed by atoms with Crippen LogP contribution in [0.4, 0.5) is 13.2 Å². The van der Waals surface area contributed by atoms with E-state index in [-0.39, 0.29) is 17.7 Å². The number of amides is 1. The molecule has 0 saturated carbocycles. The molecule has 20 heavy (non-hydrogen) atoms. The number of carbonyl (C=O) groups excluding carboxylic acids is 1. The average molecular weight is 291 g/mol. The van der Waals surface area contributed by atoms with E-state index in [0.29, 0.717) is 0 Å². The highest BCUT2D eigenvalue weighted by Gasteiger charge is 2.34. The quantitative estimate of drug-likeness (QED) is 0.788. The lowest BCUT2D eigenvalue weighted by Crippen LogP contribution is -2.34. The third-order valence-electron chi connectivity index (χ3n) is 2.92. The summed E-state index contributed by atoms with van der Waals surface area (Å²) in [6.45, 7) is 2.22. The molecule has 0 aliphatic rings. The number of nitrogens with one attached hydrogen (secondary N) is 1. The third kappa shape index (κ3) is 3.94. The Kier molecular flexibility index (Phi) is 5.13. The van der Waals surface area contributed by atoms with E-state index >= 15 is 0 Å². The van der Waals surface area contributed by atoms with Crippen LogP contribution < -0.4 is 5.32 Å². The predicted molar refractivity (Wildman–Crippen MR) is 65.8 cm³/mol. The Morgan fingerprint density at radius 3 is 2.45 bits per heavy atom. The maximum atomic E-state index is 12.7. The van der Waals surface area contributed by atoms with Crippen molar-refractivity contribution in [2.45, 2.75) is 32.2 Å². The maximum Gasteiger partial charge on any atom is 0.416 e. The smallest absolute Gasteiger partial charge is 0.388 e. The highest BCUT2D eigenvalue weighted by Crippen LogP contribution is 2.34. The van der Waals surface area contributed by atoms with Gasteiger partial charge in [-0.3, -0.25) is 4.79 Å². The van der Waals surface area contributed by atoms with E-state index in [0.717, 1.165) is 6.07 Å². The summed E-state index contributed by atoms with van der Waals surface area (Å²) in [6, 6.07) is 3.39. The molecule has 0 radical (unpaired) electrons. The van der Waals surface area contributed by atoms with Gasteiger partial charge in [0, 0.05) is 13.5 Å². The molecule has 1 amide bonds. The summed E-state index contributed by atoms with van der Waals surface area (Å²) in [7, 11) is 0. The van der Waals surface area contributed by atoms with Crippen LogP contribution in [0.1, 0.15) is 29.7 Å². The van der Waals surface area contributed by atoms with E-state index in [4.69, 9.17) is 0 Å². The number of benzene rings is 1. The Hall–Kier alpha value is -1.60. The largest absolute Gasteiger partial charge is 0.416 e. The monoisotopic (exact) mass is 291 g/mol. The van der Waals surface area contributed by atoms with Gasteiger partial charge < -0.3 is 15.5 Å². The van der Waals surface area contributed by atoms with Crippen LogP contribution in [-0.2, 0) is 11.0 Å². The molecule has 0 saturated heterocycles. The van der Waals surface area contributed by atoms with Gasteiger partial charge >= 0.3 is 6.18 Å². The normalized spacial score (nSPS) is 14.8. The molecule has 3 N–H and O–H groups in total. The van der Waals surface area contributed by atoms with Crippen LogP contribution >= 0.6 is 0 Å². The molecular weight excluding hydrogens is 275 g/mol. The number of rotatable bonds is 4. The second kappa shape index (κ2) is 6.23. The first-order chi connectivity index (χ1) is 9.14. The Balaban J connectivity index is 2.99. The van der Waals surface area contributed by atoms with Crippen LogP contribution in [0.5, 0.6) is 0 Å². The highest BCUT2D eigenvalue weighted by molar-refractivity contribution is 5.72. The lowest BCUT2D eigenvalue weighted by Gasteiger charge is -2.22. The van der Waals surface area contributed by atoms with Crippen LogP contribution in [0, 0.1) is 6.92 Å². The molecule has 2 atom stereocenters. The molecular formula is C13H16F3NO3. The van der Waals surface area contributed by atoms with E-state index in [9.17, 15) is 28.2 Å². The van der Waals surface area contributed by atoms with Crippen molar-refractivity contribution in [3.8, 4) is 0 Å². The molecule has 0 spiro atoms. The highest BCUT2D eigenvalue weighted by atomic mass is 19.4. The molecule has 0 aromatic heterocycles. The molecule has 1 aromatic carbocycles. The van der Waals surface area contributed by atoms with Crippen molar-refractivity contribution in [2.75, 3.05) is 6.54 Å². The molecule has 4 nitrogen and oxygen atoms in total. The Bertz CT molecular complexity index is 488. The minimum Gasteiger partial charge on any atom is -0.388 e. The van der Waals surface area contributed by atoms with Gasteiger partial charge in [-0.2, -0.15) is 13.2 Å². The predicted octanol–water partition coefficient (Wildman–Crippen LogP) is 1.54. The van der Waals surface area contributed by atoms with E-state index < -0.39 is 29.9 Å². The Morgan fingerprint density at radius 2 is 1.95 bits per heavy atom. The van der Waals surface area contributed by atoms with Gasteiger partial charge in [-0.25, -0.2) is 0 Å². The average Bonchev–Trinajstić information content (AvgIpc) is 2.33. The molecule has 112 valence electrons. The van der Waals surface area contributed by atoms with Gasteiger partial charge in [-0.05, 0) is 24.1 Å². The molecule has 1 aromatic rings. The van der Waals surface area contributed by atoms with Gasteiger partial charge in [-0.15, -0.1) is 0 Å². The van der Waals surface area contributed by atoms with Gasteiger partial charge in [0.2, 0.25) is 5.91 Å². The summed E-state index contributed by atoms with van der Waals surface area (Å²) < 4.78 is 38.2. The topological polar surface area (TPSA) is 69.6 Å². The minimum atomic E-state index is -4.53. The second-order valence-electron chi connectivity index (χ2n) is 4.47. The first-order valence-electron chi connectivity index (χ1n) is 5.92. The van der Waals surface area contributed by atoms with Crippen molar-refractivity contribution in [2.24, 2.45) is 0 Å². The van der Waals surface area contributed by atoms with Gasteiger partial charge in [0.05, 0.1) is 5.56 Å². The molecule has 1 rings (SSSR count). The lowest BCUT2D eigenvalue weighted by atomic mass is 9.95. The number of hydrogen-bond acceptors (Lipinski definition) is 3. The Labute approximate surface area is 114 Å². The van der Waals surface area contributed by atoms with Crippen LogP contribution in [0.25, 0.3) is 0 Å². The van der Waals surface area contributed by atoms with E-state index in [1.165, 1.54) is 26.0 Å². The second-order valence-corrected chi connectivity index (χ2v) is 4.47. The van der Waals surface area contributed by atoms with Crippen molar-refractivity contribution in [1.29, 1.82) is 0 Å². The van der Waals surface area contributed by atoms with Crippen molar-refractivity contribution in [1.82, 2.24) is 5.32 Å². The van der Waals surface area contributed by atoms with Gasteiger partial charge in [-0.1, -0.05) is 12.1 Å². The summed E-state index contributed by atoms with van der Waals surface area (Å²) in [5.74, 6) is -0.406. The molecule has 0 bridgehead atoms. The summed E-state index contributed by atoms with van der Waals surface area (Å²) in [5, 5.41) is 21.9. The van der Waals surface area contributed by atoms with Crippen LogP contribution in [0.15, 0.2) is 18.2 Å². The number of alkyl halides is 3. The fourth-order valence-corrected chi connectivity index (χ4v) is 1.85. The third-order valence-corrected chi connectivity index (χ3v) is 2.92. The van der Waals surface area contributed by atoms with Gasteiger partial charge in [0.15, 0.2) is 0 Å². The zero-order valence-corrected chi connectivity index (χ0v) is 11.0. The first kappa shape index (κ1) is 16.5. The molecule has 0 fully saturated rings. The zero-order chi connectivity index (χ0) is 15.5. The number of halogens is 3. The molecule has 7 heteroatoms. The molecule has 0 aliphatic heterocycles. The number of aliphatic hydroxyl groups is 2. The first-order valence-corrected chi connectivity index (χ1v) is 5.92. The SMILES string of the molecule is CC(=O)NCC(O)C(O)c1cccc(C(F)(F)F)c1C. The number of carbonyl (C=O) groups is 1. The van der Waals surface area contributed by atoms with E-state index in [1.54, 1.807) is 0 Å². The van der Waals surface area contributed by atoms with Crippen LogP contribution in [0.3, 0.4) is 0 Å². The van der Waals surface area contributed by atoms with Gasteiger partial charge in [0.1, 0.15) is 12.2 Å². The van der Waals surface area contributed by atoms with E-state index in [1.807, 2.05) is 0 Å². The summed E-state index contributed by atoms with van der Waals surface area (Å²) in [5.41, 5.74) is -1.02. The van der Waals surface area contributed by atoms with Crippen molar-refractivity contribution in [3.63, 3.8) is 0 Å². The standard InChI is InChI=1S/C13H16F3NO3/c1-7-9(4-3-5-10(7)13(14,15)16)12(20)11(19)6-17-8(2)18/h3-5,11-12,19-20H,6H2,1-2H3,(H,17,18). The number of hydrogen-bond donors (Lipinski definition) is 3. The number of aliphatic hydroxyl groups excluding tert-OH is 2. The maximum absolute atomic E-state index is 12.7. The summed E-state index contributed by atoms with van der Waals surface area (Å²) >= 11 is 0. The fraction of sp³-hybridized carbons (Fsp3) is 0.462. The fourth-order valence-electron chi connectivity index (χ4n) is 1.85. The van der Waals surface area contributed by atoms with Crippen molar-refractivity contribution in [3.05, 3.63) is 34.9 Å². The van der Waals surface area contributed by atoms with Crippen LogP contribution in [0.2, 0.25) is 0 Å².